The first-order valence-corrected chi connectivity index (χ1v) is 4.32. The Bertz CT molecular complexity index is 316. The van der Waals surface area contributed by atoms with E-state index in [0.29, 0.717) is 0 Å². The van der Waals surface area contributed by atoms with E-state index in [-0.39, 0.29) is 10.6 Å². The monoisotopic (exact) mass is 207 g/mol. The van der Waals surface area contributed by atoms with Crippen molar-refractivity contribution in [2.75, 3.05) is 0 Å². The van der Waals surface area contributed by atoms with Gasteiger partial charge in [-0.25, -0.2) is 0 Å². The lowest BCUT2D eigenvalue weighted by molar-refractivity contribution is -0.0517. The Morgan fingerprint density at radius 3 is 2.54 bits per heavy atom. The fourth-order valence-electron chi connectivity index (χ4n) is 0.781. The molecule has 0 N–H and O–H groups in total. The normalized spacial score (nSPS) is 12.9. The first kappa shape index (κ1) is 10.1. The Labute approximate surface area is 75.6 Å². The van der Waals surface area contributed by atoms with Crippen LogP contribution < -0.4 is 4.74 Å². The maximum Gasteiger partial charge on any atom is 0.387 e. The molecule has 0 spiro atoms. The lowest BCUT2D eigenvalue weighted by atomic mass is 10.3. The second-order valence-electron chi connectivity index (χ2n) is 2.06. The van der Waals surface area contributed by atoms with E-state index in [1.54, 1.807) is 0 Å². The smallest absolute Gasteiger partial charge is 0.387 e. The number of benzene rings is 1. The lowest BCUT2D eigenvalue weighted by Gasteiger charge is -2.11. The fourth-order valence-corrected chi connectivity index (χ4v) is 1.25. The summed E-state index contributed by atoms with van der Waals surface area (Å²) in [6, 6.07) is 5.18. The minimum atomic E-state index is -3.02. The molecule has 72 valence electrons. The summed E-state index contributed by atoms with van der Waals surface area (Å²) in [5.41, 5.74) is 0. The summed E-state index contributed by atoms with van der Waals surface area (Å²) in [5.74, 6) is -0.342. The average molecular weight is 207 g/mol. The van der Waals surface area contributed by atoms with Gasteiger partial charge in [-0.3, -0.25) is 4.21 Å². The first-order chi connectivity index (χ1) is 6.11. The number of alkyl halides is 2. The van der Waals surface area contributed by atoms with E-state index in [2.05, 4.69) is 4.74 Å². The van der Waals surface area contributed by atoms with Gasteiger partial charge < -0.3 is 9.29 Å². The van der Waals surface area contributed by atoms with Crippen molar-refractivity contribution < 1.29 is 22.3 Å². The number of halogens is 2. The quantitative estimate of drug-likeness (QED) is 0.706. The van der Waals surface area contributed by atoms with Crippen molar-refractivity contribution in [2.45, 2.75) is 11.5 Å². The molecule has 1 rings (SSSR count). The van der Waals surface area contributed by atoms with E-state index < -0.39 is 17.7 Å². The van der Waals surface area contributed by atoms with Gasteiger partial charge in [-0.15, -0.1) is 0 Å². The van der Waals surface area contributed by atoms with Gasteiger partial charge in [0.1, 0.15) is 5.75 Å². The maximum absolute atomic E-state index is 11.7. The molecule has 0 saturated carbocycles. The van der Waals surface area contributed by atoms with E-state index >= 15 is 0 Å². The molecule has 1 atom stereocenters. The summed E-state index contributed by atoms with van der Waals surface area (Å²) in [4.78, 5) is -0.275. The highest BCUT2D eigenvalue weighted by Gasteiger charge is 2.08. The average Bonchev–Trinajstić information content (AvgIpc) is 2.03. The molecule has 0 aliphatic rings. The topological polar surface area (TPSA) is 49.4 Å². The molecule has 1 aromatic rings. The summed E-state index contributed by atoms with van der Waals surface area (Å²) in [5, 5.41) is 0. The van der Waals surface area contributed by atoms with Gasteiger partial charge in [0, 0.05) is 0 Å². The summed E-state index contributed by atoms with van der Waals surface area (Å²) >= 11 is -2.57. The summed E-state index contributed by atoms with van der Waals surface area (Å²) in [7, 11) is 0. The summed E-state index contributed by atoms with van der Waals surface area (Å²) < 4.78 is 48.4. The summed E-state index contributed by atoms with van der Waals surface area (Å²) in [6.07, 6.45) is 0. The van der Waals surface area contributed by atoms with Gasteiger partial charge in [0.15, 0.2) is 0 Å². The van der Waals surface area contributed by atoms with Crippen LogP contribution in [-0.4, -0.2) is 15.4 Å². The van der Waals surface area contributed by atoms with Crippen LogP contribution in [0.1, 0.15) is 0 Å². The van der Waals surface area contributed by atoms with Crippen molar-refractivity contribution in [3.63, 3.8) is 0 Å². The van der Waals surface area contributed by atoms with Gasteiger partial charge in [0.05, 0.1) is 4.90 Å². The van der Waals surface area contributed by atoms with Crippen LogP contribution in [0.25, 0.3) is 0 Å². The van der Waals surface area contributed by atoms with E-state index in [1.807, 2.05) is 0 Å². The number of para-hydroxylation sites is 1. The minimum absolute atomic E-state index is 0.275. The SMILES string of the molecule is O=S([O-])c1ccccc1OC(F)F. The van der Waals surface area contributed by atoms with Crippen molar-refractivity contribution in [2.24, 2.45) is 0 Å². The number of hydrogen-bond acceptors (Lipinski definition) is 3. The van der Waals surface area contributed by atoms with Gasteiger partial charge in [-0.1, -0.05) is 12.1 Å². The molecule has 13 heavy (non-hydrogen) atoms. The molecule has 6 heteroatoms. The predicted molar refractivity (Wildman–Crippen MR) is 40.3 cm³/mol. The molecule has 0 amide bonds. The second kappa shape index (κ2) is 4.29. The standard InChI is InChI=1S/C7H6F2O3S/c8-7(9)12-5-3-1-2-4-6(5)13(10)11/h1-4,7H,(H,10,11)/p-1. The molecule has 0 heterocycles. The van der Waals surface area contributed by atoms with E-state index in [1.165, 1.54) is 18.2 Å². The molecule has 0 fully saturated rings. The van der Waals surface area contributed by atoms with Crippen LogP contribution in [0, 0.1) is 0 Å². The molecule has 0 aromatic heterocycles. The zero-order chi connectivity index (χ0) is 9.84. The Balaban J connectivity index is 2.98. The van der Waals surface area contributed by atoms with E-state index in [4.69, 9.17) is 0 Å². The minimum Gasteiger partial charge on any atom is -0.768 e. The molecule has 0 aliphatic carbocycles. The molecule has 1 unspecified atom stereocenters. The summed E-state index contributed by atoms with van der Waals surface area (Å²) in [6.45, 7) is -3.02. The van der Waals surface area contributed by atoms with Crippen molar-refractivity contribution in [3.8, 4) is 5.75 Å². The number of hydrogen-bond donors (Lipinski definition) is 0. The van der Waals surface area contributed by atoms with Gasteiger partial charge in [-0.05, 0) is 23.2 Å². The lowest BCUT2D eigenvalue weighted by Crippen LogP contribution is -2.04. The van der Waals surface area contributed by atoms with Crippen molar-refractivity contribution >= 4 is 11.1 Å². The molecule has 3 nitrogen and oxygen atoms in total. The number of ether oxygens (including phenoxy) is 1. The zero-order valence-corrected chi connectivity index (χ0v) is 7.09. The third kappa shape index (κ3) is 2.74. The molecular formula is C7H5F2O3S-. The van der Waals surface area contributed by atoms with Crippen LogP contribution in [0.5, 0.6) is 5.75 Å². The number of rotatable bonds is 3. The van der Waals surface area contributed by atoms with Crippen LogP contribution in [0.3, 0.4) is 0 Å². The van der Waals surface area contributed by atoms with Crippen molar-refractivity contribution in [1.82, 2.24) is 0 Å². The largest absolute Gasteiger partial charge is 0.768 e. The van der Waals surface area contributed by atoms with E-state index in [9.17, 15) is 17.5 Å². The maximum atomic E-state index is 11.7. The fraction of sp³-hybridized carbons (Fsp3) is 0.143. The molecule has 0 radical (unpaired) electrons. The van der Waals surface area contributed by atoms with Gasteiger partial charge in [-0.2, -0.15) is 8.78 Å². The van der Waals surface area contributed by atoms with Gasteiger partial charge in [0.25, 0.3) is 0 Å². The van der Waals surface area contributed by atoms with Crippen LogP contribution in [-0.2, 0) is 11.1 Å². The molecular weight excluding hydrogens is 202 g/mol. The Kier molecular flexibility index (Phi) is 3.32. The van der Waals surface area contributed by atoms with Crippen LogP contribution >= 0.6 is 0 Å². The van der Waals surface area contributed by atoms with E-state index in [0.717, 1.165) is 6.07 Å². The van der Waals surface area contributed by atoms with Crippen LogP contribution in [0.2, 0.25) is 0 Å². The van der Waals surface area contributed by atoms with Crippen LogP contribution in [0.4, 0.5) is 8.78 Å². The van der Waals surface area contributed by atoms with Crippen LogP contribution in [0.15, 0.2) is 29.2 Å². The zero-order valence-electron chi connectivity index (χ0n) is 6.28. The molecule has 0 saturated heterocycles. The van der Waals surface area contributed by atoms with Crippen molar-refractivity contribution in [1.29, 1.82) is 0 Å². The van der Waals surface area contributed by atoms with Gasteiger partial charge in [0.2, 0.25) is 0 Å². The predicted octanol–water partition coefficient (Wildman–Crippen LogP) is 1.53. The third-order valence-corrected chi connectivity index (χ3v) is 1.94. The second-order valence-corrected chi connectivity index (χ2v) is 2.97. The third-order valence-electron chi connectivity index (χ3n) is 1.24. The highest BCUT2D eigenvalue weighted by molar-refractivity contribution is 7.79. The molecule has 1 aromatic carbocycles. The molecule has 0 aliphatic heterocycles. The molecule has 0 bridgehead atoms. The first-order valence-electron chi connectivity index (χ1n) is 3.24. The Morgan fingerprint density at radius 1 is 1.38 bits per heavy atom. The Hall–Kier alpha value is -1.01. The highest BCUT2D eigenvalue weighted by Crippen LogP contribution is 2.22. The van der Waals surface area contributed by atoms with Crippen molar-refractivity contribution in [3.05, 3.63) is 24.3 Å². The highest BCUT2D eigenvalue weighted by atomic mass is 32.2. The van der Waals surface area contributed by atoms with Gasteiger partial charge >= 0.3 is 6.61 Å². The Morgan fingerprint density at radius 2 is 2.00 bits per heavy atom.